The van der Waals surface area contributed by atoms with Crippen molar-refractivity contribution < 1.29 is 14.3 Å². The largest absolute Gasteiger partial charge is 0.450 e. The van der Waals surface area contributed by atoms with Crippen LogP contribution in [-0.4, -0.2) is 38.6 Å². The zero-order valence-corrected chi connectivity index (χ0v) is 15.0. The quantitative estimate of drug-likeness (QED) is 0.846. The standard InChI is InChI=1S/C17H19ClN4O3/c1-9(2)22-15(23)7-6-13(21-22)17(24)25-10(3)16-19-12-5-4-11(18)8-14(12)20-16/h4-5,8-10H,6-7H2,1-3H3,(H,19,20)/t10-/m0/s1. The number of hydrogen-bond donors (Lipinski definition) is 1. The molecule has 0 fully saturated rings. The number of fused-ring (bicyclic) bond motifs is 1. The summed E-state index contributed by atoms with van der Waals surface area (Å²) in [5, 5.41) is 6.07. The number of nitrogens with zero attached hydrogens (tertiary/aromatic N) is 3. The van der Waals surface area contributed by atoms with Crippen molar-refractivity contribution in [3.63, 3.8) is 0 Å². The van der Waals surface area contributed by atoms with E-state index in [2.05, 4.69) is 15.1 Å². The maximum atomic E-state index is 12.4. The second-order valence-electron chi connectivity index (χ2n) is 6.21. The van der Waals surface area contributed by atoms with Crippen LogP contribution < -0.4 is 0 Å². The molecule has 0 aliphatic carbocycles. The summed E-state index contributed by atoms with van der Waals surface area (Å²) in [6.07, 6.45) is -0.0426. The van der Waals surface area contributed by atoms with Crippen molar-refractivity contribution in [2.75, 3.05) is 0 Å². The maximum Gasteiger partial charge on any atom is 0.355 e. The molecule has 8 heteroatoms. The summed E-state index contributed by atoms with van der Waals surface area (Å²) in [5.41, 5.74) is 1.77. The van der Waals surface area contributed by atoms with Crippen molar-refractivity contribution in [1.29, 1.82) is 0 Å². The van der Waals surface area contributed by atoms with Crippen molar-refractivity contribution in [1.82, 2.24) is 15.0 Å². The average Bonchev–Trinajstić information content (AvgIpc) is 2.98. The number of ether oxygens (including phenoxy) is 1. The summed E-state index contributed by atoms with van der Waals surface area (Å²) in [6, 6.07) is 5.20. The number of esters is 1. The van der Waals surface area contributed by atoms with E-state index >= 15 is 0 Å². The molecule has 1 N–H and O–H groups in total. The fourth-order valence-electron chi connectivity index (χ4n) is 2.60. The van der Waals surface area contributed by atoms with Crippen molar-refractivity contribution in [3.8, 4) is 0 Å². The highest BCUT2D eigenvalue weighted by molar-refractivity contribution is 6.37. The third kappa shape index (κ3) is 3.66. The minimum atomic E-state index is -0.577. The number of nitrogens with one attached hydrogen (secondary N) is 1. The van der Waals surface area contributed by atoms with Crippen molar-refractivity contribution in [2.45, 2.75) is 45.8 Å². The maximum absolute atomic E-state index is 12.4. The van der Waals surface area contributed by atoms with Gasteiger partial charge < -0.3 is 9.72 Å². The van der Waals surface area contributed by atoms with Crippen LogP contribution in [0.25, 0.3) is 11.0 Å². The summed E-state index contributed by atoms with van der Waals surface area (Å²) in [4.78, 5) is 31.7. The SMILES string of the molecule is CC(C)N1N=C(C(=O)O[C@@H](C)c2nc3ccc(Cl)cc3[nH]2)CCC1=O. The van der Waals surface area contributed by atoms with Gasteiger partial charge in [-0.2, -0.15) is 5.10 Å². The first kappa shape index (κ1) is 17.4. The molecule has 132 valence electrons. The lowest BCUT2D eigenvalue weighted by Gasteiger charge is -2.26. The Morgan fingerprint density at radius 2 is 2.08 bits per heavy atom. The third-order valence-corrected chi connectivity index (χ3v) is 4.15. The van der Waals surface area contributed by atoms with Gasteiger partial charge in [0.25, 0.3) is 0 Å². The molecule has 0 spiro atoms. The molecule has 3 rings (SSSR count). The van der Waals surface area contributed by atoms with Crippen LogP contribution in [-0.2, 0) is 14.3 Å². The number of amides is 1. The van der Waals surface area contributed by atoms with Crippen molar-refractivity contribution in [2.24, 2.45) is 5.10 Å². The van der Waals surface area contributed by atoms with Crippen LogP contribution in [0.2, 0.25) is 5.02 Å². The van der Waals surface area contributed by atoms with Gasteiger partial charge in [0.15, 0.2) is 6.10 Å². The lowest BCUT2D eigenvalue weighted by atomic mass is 10.1. The molecule has 2 aromatic rings. The minimum absolute atomic E-state index is 0.0891. The van der Waals surface area contributed by atoms with Crippen LogP contribution in [0.3, 0.4) is 0 Å². The number of carbonyl (C=O) groups is 2. The Kier molecular flexibility index (Phi) is 4.76. The Morgan fingerprint density at radius 3 is 2.80 bits per heavy atom. The molecule has 7 nitrogen and oxygen atoms in total. The molecule has 1 aliphatic rings. The highest BCUT2D eigenvalue weighted by Crippen LogP contribution is 2.22. The summed E-state index contributed by atoms with van der Waals surface area (Å²) in [7, 11) is 0. The van der Waals surface area contributed by atoms with Gasteiger partial charge in [-0.15, -0.1) is 0 Å². The lowest BCUT2D eigenvalue weighted by molar-refractivity contribution is -0.141. The molecule has 1 aromatic carbocycles. The minimum Gasteiger partial charge on any atom is -0.450 e. The fraction of sp³-hybridized carbons (Fsp3) is 0.412. The zero-order valence-electron chi connectivity index (χ0n) is 14.2. The first-order valence-corrected chi connectivity index (χ1v) is 8.48. The molecule has 0 bridgehead atoms. The molecule has 1 aromatic heterocycles. The molecule has 25 heavy (non-hydrogen) atoms. The first-order valence-electron chi connectivity index (χ1n) is 8.11. The van der Waals surface area contributed by atoms with Gasteiger partial charge in [0.2, 0.25) is 5.91 Å². The molecule has 0 saturated carbocycles. The number of benzene rings is 1. The van der Waals surface area contributed by atoms with E-state index in [9.17, 15) is 9.59 Å². The van der Waals surface area contributed by atoms with Crippen LogP contribution in [0.15, 0.2) is 23.3 Å². The summed E-state index contributed by atoms with van der Waals surface area (Å²) < 4.78 is 5.46. The van der Waals surface area contributed by atoms with Crippen molar-refractivity contribution >= 4 is 40.2 Å². The normalized spacial score (nSPS) is 16.3. The Bertz CT molecular complexity index is 859. The third-order valence-electron chi connectivity index (χ3n) is 3.92. The Balaban J connectivity index is 1.75. The van der Waals surface area contributed by atoms with Gasteiger partial charge in [0, 0.05) is 23.9 Å². The van der Waals surface area contributed by atoms with Gasteiger partial charge >= 0.3 is 5.97 Å². The smallest absolute Gasteiger partial charge is 0.355 e. The monoisotopic (exact) mass is 362 g/mol. The van der Waals surface area contributed by atoms with Crippen molar-refractivity contribution in [3.05, 3.63) is 29.0 Å². The van der Waals surface area contributed by atoms with E-state index in [1.54, 1.807) is 25.1 Å². The Labute approximate surface area is 150 Å². The molecular weight excluding hydrogens is 344 g/mol. The lowest BCUT2D eigenvalue weighted by Crippen LogP contribution is -2.39. The number of hydrogen-bond acceptors (Lipinski definition) is 5. The zero-order chi connectivity index (χ0) is 18.1. The number of carbonyl (C=O) groups excluding carboxylic acids is 2. The number of hydrazone groups is 1. The average molecular weight is 363 g/mol. The van der Waals surface area contributed by atoms with Crippen LogP contribution in [0.1, 0.15) is 45.5 Å². The van der Waals surface area contributed by atoms with Gasteiger partial charge in [0.1, 0.15) is 11.5 Å². The Hall–Kier alpha value is -2.41. The highest BCUT2D eigenvalue weighted by atomic mass is 35.5. The molecule has 0 saturated heterocycles. The molecule has 1 aliphatic heterocycles. The molecule has 1 amide bonds. The van der Waals surface area contributed by atoms with E-state index in [1.807, 2.05) is 13.8 Å². The number of H-pyrrole nitrogens is 1. The summed E-state index contributed by atoms with van der Waals surface area (Å²) in [6.45, 7) is 5.42. The van der Waals surface area contributed by atoms with Gasteiger partial charge in [-0.1, -0.05) is 11.6 Å². The van der Waals surface area contributed by atoms with E-state index in [-0.39, 0.29) is 30.5 Å². The van der Waals surface area contributed by atoms with Gasteiger partial charge in [-0.25, -0.2) is 14.8 Å². The van der Waals surface area contributed by atoms with Gasteiger partial charge in [-0.3, -0.25) is 4.79 Å². The summed E-state index contributed by atoms with van der Waals surface area (Å²) >= 11 is 5.96. The molecular formula is C17H19ClN4O3. The van der Waals surface area contributed by atoms with E-state index < -0.39 is 12.1 Å². The van der Waals surface area contributed by atoms with E-state index in [0.29, 0.717) is 10.8 Å². The predicted molar refractivity (Wildman–Crippen MR) is 94.3 cm³/mol. The molecule has 2 heterocycles. The Morgan fingerprint density at radius 1 is 1.32 bits per heavy atom. The predicted octanol–water partition coefficient (Wildman–Crippen LogP) is 3.21. The second-order valence-corrected chi connectivity index (χ2v) is 6.65. The van der Waals surface area contributed by atoms with Crippen LogP contribution >= 0.6 is 11.6 Å². The number of rotatable bonds is 4. The number of aromatic nitrogens is 2. The molecule has 1 atom stereocenters. The fourth-order valence-corrected chi connectivity index (χ4v) is 2.77. The van der Waals surface area contributed by atoms with E-state index in [1.165, 1.54) is 5.01 Å². The number of imidazole rings is 1. The highest BCUT2D eigenvalue weighted by Gasteiger charge is 2.28. The van der Waals surface area contributed by atoms with Crippen LogP contribution in [0, 0.1) is 0 Å². The van der Waals surface area contributed by atoms with E-state index in [4.69, 9.17) is 16.3 Å². The first-order chi connectivity index (χ1) is 11.8. The molecule has 0 radical (unpaired) electrons. The van der Waals surface area contributed by atoms with Gasteiger partial charge in [-0.05, 0) is 39.0 Å². The van der Waals surface area contributed by atoms with Crippen LogP contribution in [0.4, 0.5) is 0 Å². The topological polar surface area (TPSA) is 87.7 Å². The second kappa shape index (κ2) is 6.84. The summed E-state index contributed by atoms with van der Waals surface area (Å²) in [5.74, 6) is -0.100. The van der Waals surface area contributed by atoms with Crippen LogP contribution in [0.5, 0.6) is 0 Å². The molecule has 0 unspecified atom stereocenters. The number of aromatic amines is 1. The number of halogens is 1. The van der Waals surface area contributed by atoms with E-state index in [0.717, 1.165) is 11.0 Å². The van der Waals surface area contributed by atoms with Gasteiger partial charge in [0.05, 0.1) is 11.0 Å².